The number of unbranched alkanes of at least 4 members (excludes halogenated alkanes) is 14. The molecule has 0 fully saturated rings. The van der Waals surface area contributed by atoms with Crippen molar-refractivity contribution in [1.82, 2.24) is 0 Å². The molecule has 0 bridgehead atoms. The van der Waals surface area contributed by atoms with Crippen LogP contribution >= 0.6 is 0 Å². The average molecular weight is 493 g/mol. The minimum absolute atomic E-state index is 0.125. The molecule has 0 aromatic rings. The van der Waals surface area contributed by atoms with Gasteiger partial charge in [-0.2, -0.15) is 0 Å². The first kappa shape index (κ1) is 33.2. The molecule has 0 spiro atoms. The van der Waals surface area contributed by atoms with Gasteiger partial charge >= 0.3 is 5.97 Å². The van der Waals surface area contributed by atoms with Crippen molar-refractivity contribution in [3.63, 3.8) is 0 Å². The molecule has 34 heavy (non-hydrogen) atoms. The van der Waals surface area contributed by atoms with Crippen molar-refractivity contribution in [2.45, 2.75) is 134 Å². The second kappa shape index (κ2) is 23.9. The highest BCUT2D eigenvalue weighted by atomic mass is 16.6. The first-order chi connectivity index (χ1) is 16.5. The van der Waals surface area contributed by atoms with Crippen LogP contribution in [0.1, 0.15) is 110 Å². The van der Waals surface area contributed by atoms with Gasteiger partial charge in [0.2, 0.25) is 0 Å². The van der Waals surface area contributed by atoms with Crippen molar-refractivity contribution in [2.24, 2.45) is 0 Å². The van der Waals surface area contributed by atoms with Gasteiger partial charge < -0.3 is 35.0 Å². The van der Waals surface area contributed by atoms with Crippen LogP contribution < -0.4 is 0 Å². The van der Waals surface area contributed by atoms with E-state index >= 15 is 0 Å². The summed E-state index contributed by atoms with van der Waals surface area (Å²) in [5, 5.41) is 47.2. The highest BCUT2D eigenvalue weighted by Crippen LogP contribution is 2.14. The van der Waals surface area contributed by atoms with Crippen LogP contribution in [0, 0.1) is 0 Å². The molecule has 0 saturated carbocycles. The number of ether oxygens (including phenoxy) is 2. The third kappa shape index (κ3) is 18.5. The smallest absolute Gasteiger partial charge is 0.305 e. The molecular formula is C26H52O8. The van der Waals surface area contributed by atoms with Crippen LogP contribution in [-0.2, 0) is 14.3 Å². The van der Waals surface area contributed by atoms with E-state index in [0.717, 1.165) is 19.3 Å². The predicted molar refractivity (Wildman–Crippen MR) is 132 cm³/mol. The molecule has 0 rings (SSSR count). The Bertz CT molecular complexity index is 449. The lowest BCUT2D eigenvalue weighted by Gasteiger charge is -2.28. The Labute approximate surface area is 206 Å². The van der Waals surface area contributed by atoms with E-state index in [1.807, 2.05) is 0 Å². The molecule has 0 aromatic heterocycles. The molecule has 5 N–H and O–H groups in total. The number of rotatable bonds is 25. The van der Waals surface area contributed by atoms with Crippen molar-refractivity contribution in [1.29, 1.82) is 0 Å². The lowest BCUT2D eigenvalue weighted by molar-refractivity contribution is -0.165. The Hall–Kier alpha value is -0.770. The molecule has 0 aliphatic rings. The summed E-state index contributed by atoms with van der Waals surface area (Å²) in [6, 6.07) is 0. The maximum Gasteiger partial charge on any atom is 0.305 e. The Kier molecular flexibility index (Phi) is 23.4. The highest BCUT2D eigenvalue weighted by molar-refractivity contribution is 5.69. The lowest BCUT2D eigenvalue weighted by atomic mass is 10.0. The Balaban J connectivity index is 3.75. The second-order valence-electron chi connectivity index (χ2n) is 9.25. The van der Waals surface area contributed by atoms with Gasteiger partial charge in [-0.3, -0.25) is 4.79 Å². The van der Waals surface area contributed by atoms with Crippen LogP contribution in [0.25, 0.3) is 0 Å². The van der Waals surface area contributed by atoms with Crippen molar-refractivity contribution in [2.75, 3.05) is 26.4 Å². The number of carbonyl (C=O) groups excluding carboxylic acids is 1. The molecule has 204 valence electrons. The van der Waals surface area contributed by atoms with Gasteiger partial charge in [-0.25, -0.2) is 0 Å². The molecule has 0 aliphatic carbocycles. The molecule has 0 unspecified atom stereocenters. The summed E-state index contributed by atoms with van der Waals surface area (Å²) >= 11 is 0. The normalized spacial score (nSPS) is 15.1. The van der Waals surface area contributed by atoms with Crippen LogP contribution in [0.5, 0.6) is 0 Å². The standard InChI is InChI=1S/C26H52O8/c1-2-3-4-5-6-7-8-9-10-11-12-13-14-15-16-17-24(30)34-21-23(33-19-18-27)26(32)25(31)22(29)20-28/h22-23,25-29,31-32H,2-21H2,1H3/t22-,23+,25-,26-/m1/s1. The molecule has 8 nitrogen and oxygen atoms in total. The molecule has 0 aromatic carbocycles. The van der Waals surface area contributed by atoms with Crippen molar-refractivity contribution in [3.05, 3.63) is 0 Å². The van der Waals surface area contributed by atoms with E-state index in [2.05, 4.69) is 6.92 Å². The molecule has 4 atom stereocenters. The fraction of sp³-hybridized carbons (Fsp3) is 0.962. The van der Waals surface area contributed by atoms with E-state index in [9.17, 15) is 20.1 Å². The van der Waals surface area contributed by atoms with E-state index in [0.29, 0.717) is 0 Å². The monoisotopic (exact) mass is 492 g/mol. The average Bonchev–Trinajstić information content (AvgIpc) is 2.85. The van der Waals surface area contributed by atoms with E-state index in [-0.39, 0.29) is 26.2 Å². The van der Waals surface area contributed by atoms with Crippen LogP contribution in [0.4, 0.5) is 0 Å². The van der Waals surface area contributed by atoms with Gasteiger partial charge in [0.05, 0.1) is 19.8 Å². The second-order valence-corrected chi connectivity index (χ2v) is 9.25. The number of esters is 1. The third-order valence-electron chi connectivity index (χ3n) is 6.13. The van der Waals surface area contributed by atoms with E-state index < -0.39 is 37.0 Å². The zero-order chi connectivity index (χ0) is 25.4. The van der Waals surface area contributed by atoms with Gasteiger partial charge in [-0.05, 0) is 6.42 Å². The Morgan fingerprint density at radius 2 is 1.18 bits per heavy atom. The number of hydrogen-bond acceptors (Lipinski definition) is 8. The minimum Gasteiger partial charge on any atom is -0.463 e. The van der Waals surface area contributed by atoms with Crippen LogP contribution in [0.3, 0.4) is 0 Å². The van der Waals surface area contributed by atoms with Crippen LogP contribution in [0.15, 0.2) is 0 Å². The zero-order valence-electron chi connectivity index (χ0n) is 21.4. The first-order valence-electron chi connectivity index (χ1n) is 13.5. The van der Waals surface area contributed by atoms with Crippen LogP contribution in [-0.4, -0.2) is 82.3 Å². The molecule has 0 amide bonds. The number of carbonyl (C=O) groups is 1. The summed E-state index contributed by atoms with van der Waals surface area (Å²) < 4.78 is 10.4. The fourth-order valence-corrected chi connectivity index (χ4v) is 3.89. The Morgan fingerprint density at radius 3 is 1.62 bits per heavy atom. The van der Waals surface area contributed by atoms with Crippen LogP contribution in [0.2, 0.25) is 0 Å². The van der Waals surface area contributed by atoms with Crippen molar-refractivity contribution >= 4 is 5.97 Å². The molecule has 0 radical (unpaired) electrons. The van der Waals surface area contributed by atoms with E-state index in [4.69, 9.17) is 19.7 Å². The van der Waals surface area contributed by atoms with Gasteiger partial charge in [-0.1, -0.05) is 96.8 Å². The number of aliphatic hydroxyl groups excluding tert-OH is 5. The number of aliphatic hydroxyl groups is 5. The molecule has 0 heterocycles. The molecular weight excluding hydrogens is 440 g/mol. The van der Waals surface area contributed by atoms with Gasteiger partial charge in [0, 0.05) is 6.42 Å². The fourth-order valence-electron chi connectivity index (χ4n) is 3.89. The minimum atomic E-state index is -1.66. The van der Waals surface area contributed by atoms with Gasteiger partial charge in [0.1, 0.15) is 31.0 Å². The summed E-state index contributed by atoms with van der Waals surface area (Å²) in [5.74, 6) is -0.420. The van der Waals surface area contributed by atoms with E-state index in [1.54, 1.807) is 0 Å². The zero-order valence-corrected chi connectivity index (χ0v) is 21.4. The summed E-state index contributed by atoms with van der Waals surface area (Å²) in [6.07, 6.45) is 13.1. The SMILES string of the molecule is CCCCCCCCCCCCCCCCCC(=O)OC[C@H](OCCO)[C@@H](O)[C@H](O)[C@H](O)CO. The predicted octanol–water partition coefficient (Wildman–Crippen LogP) is 3.24. The van der Waals surface area contributed by atoms with Crippen molar-refractivity contribution < 1.29 is 39.8 Å². The number of hydrogen-bond donors (Lipinski definition) is 5. The molecule has 0 aliphatic heterocycles. The summed E-state index contributed by atoms with van der Waals surface area (Å²) in [4.78, 5) is 12.0. The van der Waals surface area contributed by atoms with Gasteiger partial charge in [0.25, 0.3) is 0 Å². The maximum absolute atomic E-state index is 12.0. The topological polar surface area (TPSA) is 137 Å². The largest absolute Gasteiger partial charge is 0.463 e. The summed E-state index contributed by atoms with van der Waals surface area (Å²) in [5.41, 5.74) is 0. The van der Waals surface area contributed by atoms with E-state index in [1.165, 1.54) is 77.0 Å². The molecule has 8 heteroatoms. The quantitative estimate of drug-likeness (QED) is 0.0968. The Morgan fingerprint density at radius 1 is 0.706 bits per heavy atom. The summed E-state index contributed by atoms with van der Waals surface area (Å²) in [6.45, 7) is 0.771. The maximum atomic E-state index is 12.0. The first-order valence-corrected chi connectivity index (χ1v) is 13.5. The van der Waals surface area contributed by atoms with Gasteiger partial charge in [0.15, 0.2) is 0 Å². The molecule has 0 saturated heterocycles. The van der Waals surface area contributed by atoms with Gasteiger partial charge in [-0.15, -0.1) is 0 Å². The summed E-state index contributed by atoms with van der Waals surface area (Å²) in [7, 11) is 0. The van der Waals surface area contributed by atoms with Crippen molar-refractivity contribution in [3.8, 4) is 0 Å². The highest BCUT2D eigenvalue weighted by Gasteiger charge is 2.32. The third-order valence-corrected chi connectivity index (χ3v) is 6.13. The lowest BCUT2D eigenvalue weighted by Crippen LogP contribution is -2.48.